The lowest BCUT2D eigenvalue weighted by atomic mass is 10.1. The molecule has 2 amide bonds. The van der Waals surface area contributed by atoms with Crippen LogP contribution in [0.1, 0.15) is 29.6 Å². The van der Waals surface area contributed by atoms with E-state index in [-0.39, 0.29) is 11.8 Å². The zero-order valence-electron chi connectivity index (χ0n) is 11.8. The molecule has 1 heterocycles. The lowest BCUT2D eigenvalue weighted by Gasteiger charge is -2.11. The van der Waals surface area contributed by atoms with Gasteiger partial charge in [0.25, 0.3) is 5.91 Å². The van der Waals surface area contributed by atoms with Gasteiger partial charge in [-0.2, -0.15) is 0 Å². The van der Waals surface area contributed by atoms with Crippen LogP contribution < -0.4 is 16.0 Å². The third-order valence-corrected chi connectivity index (χ3v) is 3.91. The van der Waals surface area contributed by atoms with E-state index in [1.54, 1.807) is 12.1 Å². The van der Waals surface area contributed by atoms with E-state index in [9.17, 15) is 9.59 Å². The Balaban J connectivity index is 1.62. The summed E-state index contributed by atoms with van der Waals surface area (Å²) < 4.78 is 0.868. The van der Waals surface area contributed by atoms with E-state index in [4.69, 9.17) is 0 Å². The Morgan fingerprint density at radius 1 is 1.29 bits per heavy atom. The van der Waals surface area contributed by atoms with Gasteiger partial charge in [-0.15, -0.1) is 0 Å². The highest BCUT2D eigenvalue weighted by Gasteiger charge is 2.17. The van der Waals surface area contributed by atoms with Crippen molar-refractivity contribution in [3.63, 3.8) is 0 Å². The number of carbonyl (C=O) groups is 2. The molecule has 5 nitrogen and oxygen atoms in total. The summed E-state index contributed by atoms with van der Waals surface area (Å²) in [7, 11) is 0. The first-order chi connectivity index (χ1) is 10.1. The van der Waals surface area contributed by atoms with Crippen LogP contribution in [0, 0.1) is 0 Å². The average molecular weight is 354 g/mol. The molecule has 0 spiro atoms. The minimum atomic E-state index is -0.136. The summed E-state index contributed by atoms with van der Waals surface area (Å²) in [5.41, 5.74) is 0.603. The van der Waals surface area contributed by atoms with Gasteiger partial charge < -0.3 is 16.0 Å². The highest BCUT2D eigenvalue weighted by Crippen LogP contribution is 2.11. The SMILES string of the molecule is O=C(CC1CCCN1)NCCNC(=O)c1cccc(Br)c1. The van der Waals surface area contributed by atoms with Crippen LogP contribution in [0.3, 0.4) is 0 Å². The normalized spacial score (nSPS) is 17.5. The van der Waals surface area contributed by atoms with Crippen molar-refractivity contribution < 1.29 is 9.59 Å². The van der Waals surface area contributed by atoms with Crippen LogP contribution in [0.4, 0.5) is 0 Å². The van der Waals surface area contributed by atoms with Crippen molar-refractivity contribution in [3.05, 3.63) is 34.3 Å². The zero-order valence-corrected chi connectivity index (χ0v) is 13.4. The molecule has 1 saturated heterocycles. The van der Waals surface area contributed by atoms with Crippen molar-refractivity contribution in [1.82, 2.24) is 16.0 Å². The standard InChI is InChI=1S/C15H20BrN3O2/c16-12-4-1-3-11(9-12)15(21)19-8-7-18-14(20)10-13-5-2-6-17-13/h1,3-4,9,13,17H,2,5-8,10H2,(H,18,20)(H,19,21). The highest BCUT2D eigenvalue weighted by atomic mass is 79.9. The number of nitrogens with one attached hydrogen (secondary N) is 3. The maximum absolute atomic E-state index is 11.9. The zero-order chi connectivity index (χ0) is 15.1. The molecule has 0 aliphatic carbocycles. The second kappa shape index (κ2) is 8.14. The predicted octanol–water partition coefficient (Wildman–Crippen LogP) is 1.44. The second-order valence-electron chi connectivity index (χ2n) is 5.11. The van der Waals surface area contributed by atoms with Gasteiger partial charge in [0.05, 0.1) is 0 Å². The highest BCUT2D eigenvalue weighted by molar-refractivity contribution is 9.10. The summed E-state index contributed by atoms with van der Waals surface area (Å²) in [6.07, 6.45) is 2.72. The van der Waals surface area contributed by atoms with Crippen molar-refractivity contribution in [2.45, 2.75) is 25.3 Å². The third-order valence-electron chi connectivity index (χ3n) is 3.41. The lowest BCUT2D eigenvalue weighted by molar-refractivity contribution is -0.121. The van der Waals surface area contributed by atoms with E-state index in [1.807, 2.05) is 12.1 Å². The largest absolute Gasteiger partial charge is 0.354 e. The maximum Gasteiger partial charge on any atom is 0.251 e. The van der Waals surface area contributed by atoms with Crippen LogP contribution in [0.15, 0.2) is 28.7 Å². The smallest absolute Gasteiger partial charge is 0.251 e. The summed E-state index contributed by atoms with van der Waals surface area (Å²) >= 11 is 3.33. The molecule has 6 heteroatoms. The molecular formula is C15H20BrN3O2. The first kappa shape index (κ1) is 16.0. The van der Waals surface area contributed by atoms with Crippen molar-refractivity contribution >= 4 is 27.7 Å². The van der Waals surface area contributed by atoms with Crippen molar-refractivity contribution in [3.8, 4) is 0 Å². The molecule has 0 radical (unpaired) electrons. The van der Waals surface area contributed by atoms with Crippen LogP contribution in [0.25, 0.3) is 0 Å². The minimum Gasteiger partial charge on any atom is -0.354 e. The van der Waals surface area contributed by atoms with E-state index in [0.717, 1.165) is 23.9 Å². The number of carbonyl (C=O) groups excluding carboxylic acids is 2. The summed E-state index contributed by atoms with van der Waals surface area (Å²) in [5, 5.41) is 8.90. The third kappa shape index (κ3) is 5.47. The molecule has 21 heavy (non-hydrogen) atoms. The Hall–Kier alpha value is -1.40. The van der Waals surface area contributed by atoms with Gasteiger partial charge in [0, 0.05) is 35.6 Å². The van der Waals surface area contributed by atoms with Crippen LogP contribution in [-0.2, 0) is 4.79 Å². The molecule has 1 aliphatic heterocycles. The number of halogens is 1. The summed E-state index contributed by atoms with van der Waals surface area (Å²) in [6, 6.07) is 7.51. The van der Waals surface area contributed by atoms with Gasteiger partial charge in [0.15, 0.2) is 0 Å². The number of amides is 2. The Kier molecular flexibility index (Phi) is 6.20. The molecule has 0 aromatic heterocycles. The maximum atomic E-state index is 11.9. The van der Waals surface area contributed by atoms with Gasteiger partial charge in [0.1, 0.15) is 0 Å². The number of rotatable bonds is 6. The van der Waals surface area contributed by atoms with E-state index < -0.39 is 0 Å². The van der Waals surface area contributed by atoms with Crippen molar-refractivity contribution in [2.24, 2.45) is 0 Å². The number of hydrogen-bond donors (Lipinski definition) is 3. The van der Waals surface area contributed by atoms with Crippen LogP contribution in [-0.4, -0.2) is 37.5 Å². The Bertz CT molecular complexity index is 501. The van der Waals surface area contributed by atoms with E-state index in [0.29, 0.717) is 31.1 Å². The quantitative estimate of drug-likeness (QED) is 0.677. The molecule has 1 aromatic rings. The first-order valence-electron chi connectivity index (χ1n) is 7.19. The molecule has 1 aromatic carbocycles. The fraction of sp³-hybridized carbons (Fsp3) is 0.467. The molecule has 1 unspecified atom stereocenters. The molecule has 2 rings (SSSR count). The topological polar surface area (TPSA) is 70.2 Å². The number of hydrogen-bond acceptors (Lipinski definition) is 3. The molecule has 1 fully saturated rings. The van der Waals surface area contributed by atoms with Gasteiger partial charge in [-0.25, -0.2) is 0 Å². The fourth-order valence-corrected chi connectivity index (χ4v) is 2.74. The molecule has 0 bridgehead atoms. The second-order valence-corrected chi connectivity index (χ2v) is 6.03. The van der Waals surface area contributed by atoms with Crippen LogP contribution >= 0.6 is 15.9 Å². The van der Waals surface area contributed by atoms with E-state index >= 15 is 0 Å². The van der Waals surface area contributed by atoms with Gasteiger partial charge in [-0.1, -0.05) is 22.0 Å². The average Bonchev–Trinajstić information content (AvgIpc) is 2.96. The molecule has 1 atom stereocenters. The summed E-state index contributed by atoms with van der Waals surface area (Å²) in [4.78, 5) is 23.6. The fourth-order valence-electron chi connectivity index (χ4n) is 2.34. The Labute approximate surface area is 133 Å². The van der Waals surface area contributed by atoms with Gasteiger partial charge >= 0.3 is 0 Å². The number of benzene rings is 1. The van der Waals surface area contributed by atoms with Gasteiger partial charge in [0.2, 0.25) is 5.91 Å². The molecule has 1 aliphatic rings. The monoisotopic (exact) mass is 353 g/mol. The van der Waals surface area contributed by atoms with E-state index in [1.165, 1.54) is 0 Å². The van der Waals surface area contributed by atoms with Crippen molar-refractivity contribution in [2.75, 3.05) is 19.6 Å². The molecule has 0 saturated carbocycles. The van der Waals surface area contributed by atoms with Crippen LogP contribution in [0.5, 0.6) is 0 Å². The summed E-state index contributed by atoms with van der Waals surface area (Å²) in [5.74, 6) is -0.103. The first-order valence-corrected chi connectivity index (χ1v) is 7.98. The molecule has 114 valence electrons. The Morgan fingerprint density at radius 3 is 2.81 bits per heavy atom. The Morgan fingerprint density at radius 2 is 2.10 bits per heavy atom. The van der Waals surface area contributed by atoms with Gasteiger partial charge in [-0.3, -0.25) is 9.59 Å². The predicted molar refractivity (Wildman–Crippen MR) is 85.1 cm³/mol. The minimum absolute atomic E-state index is 0.0334. The molecular weight excluding hydrogens is 334 g/mol. The molecule has 3 N–H and O–H groups in total. The lowest BCUT2D eigenvalue weighted by Crippen LogP contribution is -2.37. The summed E-state index contributed by atoms with van der Waals surface area (Å²) in [6.45, 7) is 1.88. The van der Waals surface area contributed by atoms with E-state index in [2.05, 4.69) is 31.9 Å². The van der Waals surface area contributed by atoms with Crippen molar-refractivity contribution in [1.29, 1.82) is 0 Å². The van der Waals surface area contributed by atoms with Gasteiger partial charge in [-0.05, 0) is 37.6 Å². The van der Waals surface area contributed by atoms with Crippen LogP contribution in [0.2, 0.25) is 0 Å².